The van der Waals surface area contributed by atoms with Crippen molar-refractivity contribution in [3.63, 3.8) is 0 Å². The molecule has 2 bridgehead atoms. The highest BCUT2D eigenvalue weighted by Crippen LogP contribution is 2.30. The molecule has 0 saturated carbocycles. The number of ether oxygens (including phenoxy) is 4. The minimum atomic E-state index is -0.833. The molecule has 0 aromatic heterocycles. The molecule has 2 aliphatic rings. The Bertz CT molecular complexity index is 1200. The number of hydrogen-bond acceptors (Lipinski definition) is 10. The summed E-state index contributed by atoms with van der Waals surface area (Å²) >= 11 is 0. The van der Waals surface area contributed by atoms with Gasteiger partial charge in [0.2, 0.25) is 11.8 Å². The van der Waals surface area contributed by atoms with Crippen LogP contribution in [0.2, 0.25) is 0 Å². The molecule has 55 heavy (non-hydrogen) atoms. The summed E-state index contributed by atoms with van der Waals surface area (Å²) in [5.74, 6) is -0.434. The number of carbonyl (C=O) groups is 6. The monoisotopic (exact) mass is 783 g/mol. The first-order valence-electron chi connectivity index (χ1n) is 19.7. The van der Waals surface area contributed by atoms with Gasteiger partial charge < -0.3 is 50.0 Å². The number of unbranched alkanes of at least 4 members (excludes halogenated alkanes) is 2. The smallest absolute Gasteiger partial charge is 0.408 e. The molecular weight excluding hydrogens is 712 g/mol. The van der Waals surface area contributed by atoms with E-state index in [9.17, 15) is 28.8 Å². The van der Waals surface area contributed by atoms with Crippen LogP contribution in [0.25, 0.3) is 0 Å². The highest BCUT2D eigenvalue weighted by atomic mass is 16.6. The van der Waals surface area contributed by atoms with Crippen LogP contribution in [0.5, 0.6) is 0 Å². The van der Waals surface area contributed by atoms with Gasteiger partial charge in [0.1, 0.15) is 34.5 Å². The summed E-state index contributed by atoms with van der Waals surface area (Å²) in [4.78, 5) is 81.2. The maximum atomic E-state index is 14.0. The van der Waals surface area contributed by atoms with E-state index in [4.69, 9.17) is 18.9 Å². The molecule has 4 N–H and O–H groups in total. The van der Waals surface area contributed by atoms with E-state index in [0.29, 0.717) is 77.8 Å². The molecule has 2 aliphatic heterocycles. The van der Waals surface area contributed by atoms with E-state index in [1.807, 2.05) is 0 Å². The second-order valence-corrected chi connectivity index (χ2v) is 18.7. The lowest BCUT2D eigenvalue weighted by molar-refractivity contribution is -0.143. The van der Waals surface area contributed by atoms with Crippen LogP contribution in [0.15, 0.2) is 0 Å². The first kappa shape index (κ1) is 47.2. The summed E-state index contributed by atoms with van der Waals surface area (Å²) in [5, 5.41) is 11.0. The van der Waals surface area contributed by atoms with Gasteiger partial charge in [-0.15, -0.1) is 0 Å². The molecule has 16 heteroatoms. The molecule has 0 unspecified atom stereocenters. The Balaban J connectivity index is 2.06. The van der Waals surface area contributed by atoms with E-state index < -0.39 is 58.9 Å². The van der Waals surface area contributed by atoms with Gasteiger partial charge in [0, 0.05) is 39.3 Å². The number of piperidine rings is 2. The van der Waals surface area contributed by atoms with Crippen LogP contribution in [0.3, 0.4) is 0 Å². The van der Waals surface area contributed by atoms with Gasteiger partial charge in [0.05, 0.1) is 0 Å². The van der Waals surface area contributed by atoms with Gasteiger partial charge in [-0.05, 0) is 140 Å². The second-order valence-electron chi connectivity index (χ2n) is 18.7. The third-order valence-electron chi connectivity index (χ3n) is 8.36. The van der Waals surface area contributed by atoms with Gasteiger partial charge in [0.15, 0.2) is 0 Å². The number of rotatable bonds is 14. The number of likely N-dealkylation sites (tertiary alicyclic amines) is 2. The Labute approximate surface area is 328 Å². The van der Waals surface area contributed by atoms with Gasteiger partial charge in [0.25, 0.3) is 0 Å². The molecule has 0 aromatic rings. The van der Waals surface area contributed by atoms with E-state index in [1.54, 1.807) is 92.9 Å². The third-order valence-corrected chi connectivity index (χ3v) is 8.36. The summed E-state index contributed by atoms with van der Waals surface area (Å²) in [5.41, 5.74) is -2.73. The van der Waals surface area contributed by atoms with E-state index in [0.717, 1.165) is 6.42 Å². The maximum Gasteiger partial charge on any atom is 0.408 e. The molecule has 0 aliphatic carbocycles. The van der Waals surface area contributed by atoms with Crippen LogP contribution in [0.1, 0.15) is 128 Å². The standard InChI is InChI=1S/C39H70N6O10/c1-36(2,3)52-32(48)40-19-15-13-17-28(42-34(50)54-38(7,8)9)30(46)44-22-26-21-27(23-44)25-45(24-26)31(47)29(43-35(51)55-39(10,11)12)18-14-16-20-41-33(49)53-37(4,5)6/h26-29H,13-25H2,1-12H3,(H,40,48)(H,41,49)(H,42,50)(H,43,51)/t26?,27?,28-,29-/m0/s1. The fourth-order valence-electron chi connectivity index (χ4n) is 6.45. The highest BCUT2D eigenvalue weighted by Gasteiger charge is 2.41. The largest absolute Gasteiger partial charge is 0.444 e. The topological polar surface area (TPSA) is 194 Å². The molecular formula is C39H70N6O10. The summed E-state index contributed by atoms with van der Waals surface area (Å²) in [6.07, 6.45) is 1.37. The summed E-state index contributed by atoms with van der Waals surface area (Å²) < 4.78 is 21.5. The maximum absolute atomic E-state index is 14.0. The minimum absolute atomic E-state index is 0.000751. The van der Waals surface area contributed by atoms with Crippen molar-refractivity contribution in [1.82, 2.24) is 31.1 Å². The van der Waals surface area contributed by atoms with Crippen LogP contribution in [0, 0.1) is 11.8 Å². The SMILES string of the molecule is CC(C)(C)OC(=O)NCCCC[C@H](NC(=O)OC(C)(C)C)C(=O)N1CC2CC(C1)CN(C(=O)[C@H](CCCCNC(=O)OC(C)(C)C)NC(=O)OC(C)(C)C)C2. The highest BCUT2D eigenvalue weighted by molar-refractivity contribution is 5.87. The number of amides is 6. The molecule has 0 radical (unpaired) electrons. The molecule has 2 atom stereocenters. The normalized spacial score (nSPS) is 18.6. The van der Waals surface area contributed by atoms with Crippen LogP contribution in [-0.2, 0) is 28.5 Å². The zero-order valence-corrected chi connectivity index (χ0v) is 35.5. The van der Waals surface area contributed by atoms with Crippen molar-refractivity contribution < 1.29 is 47.7 Å². The van der Waals surface area contributed by atoms with Gasteiger partial charge >= 0.3 is 24.4 Å². The molecule has 2 rings (SSSR count). The Morgan fingerprint density at radius 3 is 1.07 bits per heavy atom. The van der Waals surface area contributed by atoms with Crippen LogP contribution in [-0.4, -0.2) is 120 Å². The van der Waals surface area contributed by atoms with Crippen molar-refractivity contribution in [1.29, 1.82) is 0 Å². The Morgan fingerprint density at radius 1 is 0.491 bits per heavy atom. The Morgan fingerprint density at radius 2 is 0.782 bits per heavy atom. The lowest BCUT2D eigenvalue weighted by Crippen LogP contribution is -2.60. The average Bonchev–Trinajstić information content (AvgIpc) is 2.98. The molecule has 0 aromatic carbocycles. The quantitative estimate of drug-likeness (QED) is 0.130. The minimum Gasteiger partial charge on any atom is -0.444 e. The van der Waals surface area contributed by atoms with Gasteiger partial charge in [-0.2, -0.15) is 0 Å². The van der Waals surface area contributed by atoms with Gasteiger partial charge in [-0.3, -0.25) is 9.59 Å². The second kappa shape index (κ2) is 20.3. The molecule has 2 saturated heterocycles. The lowest BCUT2D eigenvalue weighted by Gasteiger charge is -2.47. The number of alkyl carbamates (subject to hydrolysis) is 4. The fraction of sp³-hybridized carbons (Fsp3) is 0.846. The predicted octanol–water partition coefficient (Wildman–Crippen LogP) is 5.47. The zero-order valence-electron chi connectivity index (χ0n) is 35.5. The first-order valence-corrected chi connectivity index (χ1v) is 19.7. The molecule has 0 spiro atoms. The van der Waals surface area contributed by atoms with Crippen LogP contribution >= 0.6 is 0 Å². The Kier molecular flexibility index (Phi) is 17.4. The van der Waals surface area contributed by atoms with Crippen molar-refractivity contribution >= 4 is 36.2 Å². The molecule has 16 nitrogen and oxygen atoms in total. The number of fused-ring (bicyclic) bond motifs is 2. The molecule has 2 heterocycles. The molecule has 6 amide bonds. The van der Waals surface area contributed by atoms with E-state index in [2.05, 4.69) is 21.3 Å². The summed E-state index contributed by atoms with van der Waals surface area (Å²) in [6, 6.07) is -1.67. The van der Waals surface area contributed by atoms with E-state index >= 15 is 0 Å². The Hall–Kier alpha value is -3.98. The number of carbonyl (C=O) groups excluding carboxylic acids is 6. The molecule has 2 fully saturated rings. The van der Waals surface area contributed by atoms with Crippen LogP contribution < -0.4 is 21.3 Å². The van der Waals surface area contributed by atoms with Crippen LogP contribution in [0.4, 0.5) is 19.2 Å². The average molecular weight is 783 g/mol. The fourth-order valence-corrected chi connectivity index (χ4v) is 6.45. The van der Waals surface area contributed by atoms with Crippen molar-refractivity contribution in [2.75, 3.05) is 39.3 Å². The van der Waals surface area contributed by atoms with Gasteiger partial charge in [-0.1, -0.05) is 0 Å². The van der Waals surface area contributed by atoms with Crippen molar-refractivity contribution in [2.24, 2.45) is 11.8 Å². The predicted molar refractivity (Wildman–Crippen MR) is 207 cm³/mol. The number of nitrogens with one attached hydrogen (secondary N) is 4. The van der Waals surface area contributed by atoms with Crippen molar-refractivity contribution in [3.05, 3.63) is 0 Å². The summed E-state index contributed by atoms with van der Waals surface area (Å²) in [6.45, 7) is 23.6. The lowest BCUT2D eigenvalue weighted by atomic mass is 9.84. The third kappa shape index (κ3) is 20.0. The van der Waals surface area contributed by atoms with Gasteiger partial charge in [-0.25, -0.2) is 19.2 Å². The summed E-state index contributed by atoms with van der Waals surface area (Å²) in [7, 11) is 0. The van der Waals surface area contributed by atoms with E-state index in [-0.39, 0.29) is 23.7 Å². The van der Waals surface area contributed by atoms with E-state index in [1.165, 1.54) is 0 Å². The zero-order chi connectivity index (χ0) is 41.8. The number of hydrogen-bond donors (Lipinski definition) is 4. The van der Waals surface area contributed by atoms with Crippen molar-refractivity contribution in [3.8, 4) is 0 Å². The van der Waals surface area contributed by atoms with Crippen molar-refractivity contribution in [2.45, 2.75) is 163 Å². The molecule has 316 valence electrons. The first-order chi connectivity index (χ1) is 25.2. The number of nitrogens with zero attached hydrogens (tertiary/aromatic N) is 2.